The molecule has 0 unspecified atom stereocenters. The van der Waals surface area contributed by atoms with E-state index in [1.807, 2.05) is 51.1 Å². The van der Waals surface area contributed by atoms with Gasteiger partial charge in [-0.05, 0) is 37.7 Å². The molecule has 0 saturated carbocycles. The van der Waals surface area contributed by atoms with Crippen LogP contribution in [0.5, 0.6) is 0 Å². The van der Waals surface area contributed by atoms with Gasteiger partial charge in [0.05, 0.1) is 5.56 Å². The molecule has 5 heteroatoms. The van der Waals surface area contributed by atoms with Crippen molar-refractivity contribution in [3.63, 3.8) is 0 Å². The van der Waals surface area contributed by atoms with Gasteiger partial charge in [0.1, 0.15) is 5.58 Å². The fraction of sp³-hybridized carbons (Fsp3) is 0.348. The Labute approximate surface area is 171 Å². The number of halogens is 1. The summed E-state index contributed by atoms with van der Waals surface area (Å²) in [7, 11) is 2.14. The van der Waals surface area contributed by atoms with Crippen molar-refractivity contribution in [1.29, 1.82) is 0 Å². The normalized spacial score (nSPS) is 14.7. The summed E-state index contributed by atoms with van der Waals surface area (Å²) in [5.74, 6) is 0. The van der Waals surface area contributed by atoms with E-state index in [2.05, 4.69) is 22.9 Å². The lowest BCUT2D eigenvalue weighted by Gasteiger charge is -2.34. The molecular weight excluding hydrogens is 372 g/mol. The Morgan fingerprint density at radius 3 is 2.36 bits per heavy atom. The highest BCUT2D eigenvalue weighted by atomic mass is 35.5. The number of hydrogen-bond donors (Lipinski definition) is 0. The van der Waals surface area contributed by atoms with Gasteiger partial charge in [-0.3, -0.25) is 0 Å². The van der Waals surface area contributed by atoms with E-state index in [9.17, 15) is 4.79 Å². The van der Waals surface area contributed by atoms with E-state index in [0.29, 0.717) is 21.7 Å². The average Bonchev–Trinajstić information content (AvgIpc) is 2.71. The first kappa shape index (κ1) is 20.4. The maximum atomic E-state index is 12.7. The summed E-state index contributed by atoms with van der Waals surface area (Å²) in [6, 6.07) is 13.5. The van der Waals surface area contributed by atoms with Gasteiger partial charge in [0, 0.05) is 53.9 Å². The Balaban J connectivity index is 0.00000109. The van der Waals surface area contributed by atoms with Crippen LogP contribution in [0.25, 0.3) is 22.1 Å². The maximum absolute atomic E-state index is 12.7. The van der Waals surface area contributed by atoms with Crippen molar-refractivity contribution < 1.29 is 4.42 Å². The molecule has 2 heterocycles. The third-order valence-electron chi connectivity index (χ3n) is 5.16. The van der Waals surface area contributed by atoms with E-state index < -0.39 is 0 Å². The highest BCUT2D eigenvalue weighted by Gasteiger charge is 2.18. The van der Waals surface area contributed by atoms with Crippen molar-refractivity contribution in [2.45, 2.75) is 20.8 Å². The van der Waals surface area contributed by atoms with E-state index >= 15 is 0 Å². The Bertz CT molecular complexity index is 1020. The lowest BCUT2D eigenvalue weighted by Crippen LogP contribution is -2.44. The fourth-order valence-corrected chi connectivity index (χ4v) is 3.81. The quantitative estimate of drug-likeness (QED) is 0.556. The van der Waals surface area contributed by atoms with Crippen molar-refractivity contribution in [1.82, 2.24) is 4.90 Å². The van der Waals surface area contributed by atoms with E-state index in [1.54, 1.807) is 6.07 Å². The predicted octanol–water partition coefficient (Wildman–Crippen LogP) is 5.20. The zero-order chi connectivity index (χ0) is 20.3. The van der Waals surface area contributed by atoms with Crippen LogP contribution < -0.4 is 10.5 Å². The molecule has 4 rings (SSSR count). The number of nitrogens with zero attached hydrogens (tertiary/aromatic N) is 2. The van der Waals surface area contributed by atoms with Crippen LogP contribution in [0.1, 0.15) is 19.4 Å². The third-order valence-corrected chi connectivity index (χ3v) is 5.49. The number of rotatable bonds is 2. The van der Waals surface area contributed by atoms with Gasteiger partial charge < -0.3 is 14.2 Å². The summed E-state index contributed by atoms with van der Waals surface area (Å²) in [6.45, 7) is 9.97. The highest BCUT2D eigenvalue weighted by Crippen LogP contribution is 2.32. The van der Waals surface area contributed by atoms with Crippen LogP contribution in [0, 0.1) is 6.92 Å². The van der Waals surface area contributed by atoms with Gasteiger partial charge in [-0.1, -0.05) is 43.6 Å². The summed E-state index contributed by atoms with van der Waals surface area (Å²) < 4.78 is 5.68. The summed E-state index contributed by atoms with van der Waals surface area (Å²) in [5, 5.41) is 1.49. The SMILES string of the molecule is CC.Cc1c(-c2ccccc2Cl)c(=O)oc2cc(N3CCN(C)CC3)ccc12. The zero-order valence-electron chi connectivity index (χ0n) is 17.0. The summed E-state index contributed by atoms with van der Waals surface area (Å²) in [5.41, 5.74) is 3.52. The van der Waals surface area contributed by atoms with Gasteiger partial charge in [-0.25, -0.2) is 4.79 Å². The second-order valence-electron chi connectivity index (χ2n) is 6.84. The second kappa shape index (κ2) is 8.80. The van der Waals surface area contributed by atoms with Crippen LogP contribution in [-0.4, -0.2) is 38.1 Å². The van der Waals surface area contributed by atoms with Crippen LogP contribution >= 0.6 is 11.6 Å². The number of piperazine rings is 1. The molecule has 2 aromatic carbocycles. The Morgan fingerprint density at radius 2 is 1.68 bits per heavy atom. The largest absolute Gasteiger partial charge is 0.422 e. The number of hydrogen-bond acceptors (Lipinski definition) is 4. The van der Waals surface area contributed by atoms with Crippen molar-refractivity contribution >= 4 is 28.3 Å². The number of anilines is 1. The topological polar surface area (TPSA) is 36.7 Å². The average molecular weight is 399 g/mol. The van der Waals surface area contributed by atoms with Crippen LogP contribution in [0.3, 0.4) is 0 Å². The molecule has 1 aromatic heterocycles. The summed E-state index contributed by atoms with van der Waals surface area (Å²) in [4.78, 5) is 17.3. The minimum absolute atomic E-state index is 0.348. The monoisotopic (exact) mass is 398 g/mol. The number of aryl methyl sites for hydroxylation is 1. The molecule has 0 atom stereocenters. The third kappa shape index (κ3) is 3.94. The Morgan fingerprint density at radius 1 is 1.00 bits per heavy atom. The molecule has 0 radical (unpaired) electrons. The van der Waals surface area contributed by atoms with E-state index in [1.165, 1.54) is 0 Å². The molecule has 0 N–H and O–H groups in total. The Kier molecular flexibility index (Phi) is 6.42. The molecular formula is C23H27ClN2O2. The molecule has 148 valence electrons. The first-order valence-electron chi connectivity index (χ1n) is 9.80. The molecule has 28 heavy (non-hydrogen) atoms. The Hall–Kier alpha value is -2.30. The molecule has 0 bridgehead atoms. The maximum Gasteiger partial charge on any atom is 0.344 e. The summed E-state index contributed by atoms with van der Waals surface area (Å²) >= 11 is 6.30. The van der Waals surface area contributed by atoms with Gasteiger partial charge in [-0.15, -0.1) is 0 Å². The molecule has 1 saturated heterocycles. The van der Waals surface area contributed by atoms with Crippen molar-refractivity contribution in [3.8, 4) is 11.1 Å². The van der Waals surface area contributed by atoms with Crippen molar-refractivity contribution in [2.24, 2.45) is 0 Å². The lowest BCUT2D eigenvalue weighted by molar-refractivity contribution is 0.313. The zero-order valence-corrected chi connectivity index (χ0v) is 17.7. The van der Waals surface area contributed by atoms with E-state index in [-0.39, 0.29) is 5.63 Å². The molecule has 1 fully saturated rings. The molecule has 4 nitrogen and oxygen atoms in total. The first-order valence-corrected chi connectivity index (χ1v) is 10.2. The smallest absolute Gasteiger partial charge is 0.344 e. The molecule has 0 spiro atoms. The highest BCUT2D eigenvalue weighted by molar-refractivity contribution is 6.33. The van der Waals surface area contributed by atoms with Crippen LogP contribution in [0.15, 0.2) is 51.7 Å². The molecule has 0 amide bonds. The van der Waals surface area contributed by atoms with Crippen LogP contribution in [-0.2, 0) is 0 Å². The number of fused-ring (bicyclic) bond motifs is 1. The van der Waals surface area contributed by atoms with Gasteiger partial charge in [0.25, 0.3) is 0 Å². The molecule has 1 aliphatic rings. The predicted molar refractivity (Wildman–Crippen MR) is 119 cm³/mol. The van der Waals surface area contributed by atoms with Crippen LogP contribution in [0.4, 0.5) is 5.69 Å². The fourth-order valence-electron chi connectivity index (χ4n) is 3.58. The number of likely N-dealkylation sites (N-methyl/N-ethyl adjacent to an activating group) is 1. The minimum Gasteiger partial charge on any atom is -0.422 e. The molecule has 0 aliphatic carbocycles. The molecule has 1 aliphatic heterocycles. The van der Waals surface area contributed by atoms with Crippen molar-refractivity contribution in [2.75, 3.05) is 38.1 Å². The van der Waals surface area contributed by atoms with Gasteiger partial charge in [0.2, 0.25) is 0 Å². The van der Waals surface area contributed by atoms with E-state index in [4.69, 9.17) is 16.0 Å². The number of benzene rings is 2. The van der Waals surface area contributed by atoms with Crippen molar-refractivity contribution in [3.05, 3.63) is 63.5 Å². The van der Waals surface area contributed by atoms with Crippen LogP contribution in [0.2, 0.25) is 5.02 Å². The van der Waals surface area contributed by atoms with Gasteiger partial charge in [-0.2, -0.15) is 0 Å². The minimum atomic E-state index is -0.348. The summed E-state index contributed by atoms with van der Waals surface area (Å²) in [6.07, 6.45) is 0. The second-order valence-corrected chi connectivity index (χ2v) is 7.25. The lowest BCUT2D eigenvalue weighted by atomic mass is 9.99. The standard InChI is InChI=1S/C21H21ClN2O2.C2H6/c1-14-16-8-7-15(24-11-9-23(2)10-12-24)13-19(16)26-21(25)20(14)17-5-3-4-6-18(17)22;1-2/h3-8,13H,9-12H2,1-2H3;1-2H3. The van der Waals surface area contributed by atoms with E-state index in [0.717, 1.165) is 42.8 Å². The van der Waals surface area contributed by atoms with Gasteiger partial charge >= 0.3 is 5.63 Å². The first-order chi connectivity index (χ1) is 13.5. The molecule has 3 aromatic rings. The van der Waals surface area contributed by atoms with Gasteiger partial charge in [0.15, 0.2) is 0 Å².